The van der Waals surface area contributed by atoms with Gasteiger partial charge in [0.25, 0.3) is 0 Å². The predicted octanol–water partition coefficient (Wildman–Crippen LogP) is 2.56. The summed E-state index contributed by atoms with van der Waals surface area (Å²) in [7, 11) is 1.97. The van der Waals surface area contributed by atoms with Crippen molar-refractivity contribution in [2.75, 3.05) is 20.1 Å². The summed E-state index contributed by atoms with van der Waals surface area (Å²) < 4.78 is 0. The Hall–Kier alpha value is -0.570. The number of rotatable bonds is 5. The smallest absolute Gasteiger partial charge is 0.226 e. The molecule has 3 atom stereocenters. The van der Waals surface area contributed by atoms with Gasteiger partial charge in [-0.2, -0.15) is 0 Å². The molecule has 0 aromatic heterocycles. The Morgan fingerprint density at radius 3 is 2.40 bits per heavy atom. The van der Waals surface area contributed by atoms with Gasteiger partial charge in [-0.15, -0.1) is 0 Å². The van der Waals surface area contributed by atoms with Gasteiger partial charge < -0.3 is 10.6 Å². The largest absolute Gasteiger partial charge is 0.355 e. The molecule has 3 heteroatoms. The van der Waals surface area contributed by atoms with Gasteiger partial charge in [0.05, 0.1) is 5.41 Å². The molecule has 0 radical (unpaired) electrons. The zero-order valence-electron chi connectivity index (χ0n) is 13.3. The van der Waals surface area contributed by atoms with E-state index in [4.69, 9.17) is 0 Å². The summed E-state index contributed by atoms with van der Waals surface area (Å²) in [5, 5.41) is 6.44. The first-order chi connectivity index (χ1) is 9.45. The molecule has 0 heterocycles. The van der Waals surface area contributed by atoms with E-state index < -0.39 is 0 Å². The van der Waals surface area contributed by atoms with Crippen LogP contribution in [0.15, 0.2) is 0 Å². The topological polar surface area (TPSA) is 41.1 Å². The molecule has 2 N–H and O–H groups in total. The van der Waals surface area contributed by atoms with Crippen LogP contribution in [0.4, 0.5) is 0 Å². The zero-order chi connectivity index (χ0) is 14.4. The van der Waals surface area contributed by atoms with Gasteiger partial charge in [0.2, 0.25) is 5.91 Å². The van der Waals surface area contributed by atoms with Crippen molar-refractivity contribution in [3.8, 4) is 0 Å². The minimum Gasteiger partial charge on any atom is -0.355 e. The van der Waals surface area contributed by atoms with Gasteiger partial charge in [0.15, 0.2) is 0 Å². The van der Waals surface area contributed by atoms with Gasteiger partial charge in [-0.1, -0.05) is 13.8 Å². The Labute approximate surface area is 123 Å². The van der Waals surface area contributed by atoms with Gasteiger partial charge in [-0.3, -0.25) is 4.79 Å². The minimum absolute atomic E-state index is 0.0157. The molecule has 4 aliphatic carbocycles. The van der Waals surface area contributed by atoms with Crippen molar-refractivity contribution in [1.82, 2.24) is 10.6 Å². The fourth-order valence-electron chi connectivity index (χ4n) is 5.86. The van der Waals surface area contributed by atoms with E-state index in [1.165, 1.54) is 19.3 Å². The molecular formula is C17H30N2O. The highest BCUT2D eigenvalue weighted by atomic mass is 16.2. The van der Waals surface area contributed by atoms with Crippen molar-refractivity contribution in [3.63, 3.8) is 0 Å². The van der Waals surface area contributed by atoms with E-state index in [2.05, 4.69) is 24.5 Å². The van der Waals surface area contributed by atoms with E-state index in [1.54, 1.807) is 0 Å². The average Bonchev–Trinajstić information content (AvgIpc) is 2.33. The molecule has 4 saturated carbocycles. The van der Waals surface area contributed by atoms with E-state index in [1.807, 2.05) is 7.05 Å². The lowest BCUT2D eigenvalue weighted by molar-refractivity contribution is -0.155. The number of carbonyl (C=O) groups is 1. The Bertz CT molecular complexity index is 378. The van der Waals surface area contributed by atoms with E-state index in [9.17, 15) is 4.79 Å². The van der Waals surface area contributed by atoms with Crippen molar-refractivity contribution in [1.29, 1.82) is 0 Å². The maximum Gasteiger partial charge on any atom is 0.226 e. The lowest BCUT2D eigenvalue weighted by atomic mass is 9.44. The van der Waals surface area contributed by atoms with Crippen LogP contribution in [0.2, 0.25) is 0 Å². The molecule has 0 saturated heterocycles. The quantitative estimate of drug-likeness (QED) is 0.811. The van der Waals surface area contributed by atoms with E-state index in [0.717, 1.165) is 44.2 Å². The molecule has 4 bridgehead atoms. The average molecular weight is 278 g/mol. The highest BCUT2D eigenvalue weighted by Gasteiger charge is 2.58. The molecule has 0 spiro atoms. The number of carbonyl (C=O) groups excluding carboxylic acids is 1. The number of amides is 1. The number of nitrogens with one attached hydrogen (secondary N) is 2. The lowest BCUT2D eigenvalue weighted by Crippen LogP contribution is -2.57. The molecule has 3 nitrogen and oxygen atoms in total. The second kappa shape index (κ2) is 5.01. The molecule has 4 aliphatic rings. The summed E-state index contributed by atoms with van der Waals surface area (Å²) in [6.45, 7) is 6.40. The fourth-order valence-corrected chi connectivity index (χ4v) is 5.86. The first-order valence-corrected chi connectivity index (χ1v) is 8.38. The third kappa shape index (κ3) is 2.49. The Morgan fingerprint density at radius 2 is 1.85 bits per heavy atom. The van der Waals surface area contributed by atoms with E-state index in [-0.39, 0.29) is 5.41 Å². The van der Waals surface area contributed by atoms with Gasteiger partial charge >= 0.3 is 0 Å². The maximum absolute atomic E-state index is 12.8. The van der Waals surface area contributed by atoms with Crippen LogP contribution in [-0.4, -0.2) is 26.0 Å². The van der Waals surface area contributed by atoms with Crippen LogP contribution in [0.3, 0.4) is 0 Å². The molecule has 20 heavy (non-hydrogen) atoms. The maximum atomic E-state index is 12.8. The summed E-state index contributed by atoms with van der Waals surface area (Å²) >= 11 is 0. The van der Waals surface area contributed by atoms with E-state index in [0.29, 0.717) is 17.2 Å². The SMILES string of the molecule is CNCC(C)CNC(=O)C12CC3CC(CC(C)(C3)C1)C2. The van der Waals surface area contributed by atoms with Crippen molar-refractivity contribution >= 4 is 5.91 Å². The zero-order valence-corrected chi connectivity index (χ0v) is 13.3. The van der Waals surface area contributed by atoms with Gasteiger partial charge in [0.1, 0.15) is 0 Å². The van der Waals surface area contributed by atoms with Gasteiger partial charge in [-0.05, 0) is 75.3 Å². The number of hydrogen-bond acceptors (Lipinski definition) is 2. The van der Waals surface area contributed by atoms with Crippen LogP contribution < -0.4 is 10.6 Å². The third-order valence-corrected chi connectivity index (χ3v) is 6.00. The molecule has 3 unspecified atom stereocenters. The van der Waals surface area contributed by atoms with Crippen molar-refractivity contribution in [2.24, 2.45) is 28.6 Å². The molecule has 0 aliphatic heterocycles. The van der Waals surface area contributed by atoms with Crippen molar-refractivity contribution in [3.05, 3.63) is 0 Å². The lowest BCUT2D eigenvalue weighted by Gasteiger charge is -2.60. The second-order valence-electron chi connectivity index (χ2n) is 8.42. The molecule has 0 aromatic rings. The monoisotopic (exact) mass is 278 g/mol. The molecule has 0 aromatic carbocycles. The van der Waals surface area contributed by atoms with Crippen LogP contribution in [0.25, 0.3) is 0 Å². The first kappa shape index (κ1) is 14.4. The summed E-state index contributed by atoms with van der Waals surface area (Å²) in [5.74, 6) is 2.51. The Kier molecular flexibility index (Phi) is 3.60. The van der Waals surface area contributed by atoms with Crippen molar-refractivity contribution in [2.45, 2.75) is 52.4 Å². The Balaban J connectivity index is 1.65. The highest BCUT2D eigenvalue weighted by molar-refractivity contribution is 5.83. The minimum atomic E-state index is -0.0157. The fraction of sp³-hybridized carbons (Fsp3) is 0.941. The van der Waals surface area contributed by atoms with Crippen LogP contribution in [0.5, 0.6) is 0 Å². The molecule has 4 rings (SSSR count). The molecule has 4 fully saturated rings. The summed E-state index contributed by atoms with van der Waals surface area (Å²) in [6.07, 6.45) is 7.58. The standard InChI is InChI=1S/C17H30N2O/c1-12(9-18-3)10-19-15(20)17-7-13-4-14(8-17)6-16(2,5-13)11-17/h12-14,18H,4-11H2,1-3H3,(H,19,20). The first-order valence-electron chi connectivity index (χ1n) is 8.38. The third-order valence-electron chi connectivity index (χ3n) is 6.00. The number of hydrogen-bond donors (Lipinski definition) is 2. The van der Waals surface area contributed by atoms with Crippen LogP contribution >= 0.6 is 0 Å². The summed E-state index contributed by atoms with van der Waals surface area (Å²) in [6, 6.07) is 0. The summed E-state index contributed by atoms with van der Waals surface area (Å²) in [4.78, 5) is 12.8. The van der Waals surface area contributed by atoms with Crippen molar-refractivity contribution < 1.29 is 4.79 Å². The van der Waals surface area contributed by atoms with Gasteiger partial charge in [0, 0.05) is 6.54 Å². The summed E-state index contributed by atoms with van der Waals surface area (Å²) in [5.41, 5.74) is 0.441. The molecule has 114 valence electrons. The second-order valence-corrected chi connectivity index (χ2v) is 8.42. The highest BCUT2D eigenvalue weighted by Crippen LogP contribution is 2.65. The van der Waals surface area contributed by atoms with E-state index >= 15 is 0 Å². The predicted molar refractivity (Wildman–Crippen MR) is 81.3 cm³/mol. The molecular weight excluding hydrogens is 248 g/mol. The van der Waals surface area contributed by atoms with Crippen LogP contribution in [-0.2, 0) is 4.79 Å². The normalized spacial score (nSPS) is 43.5. The van der Waals surface area contributed by atoms with Crippen LogP contribution in [0, 0.1) is 28.6 Å². The molecule has 1 amide bonds. The van der Waals surface area contributed by atoms with Crippen LogP contribution in [0.1, 0.15) is 52.4 Å². The Morgan fingerprint density at radius 1 is 1.20 bits per heavy atom. The van der Waals surface area contributed by atoms with Gasteiger partial charge in [-0.25, -0.2) is 0 Å².